The van der Waals surface area contributed by atoms with Crippen molar-refractivity contribution in [2.45, 2.75) is 5.25 Å². The van der Waals surface area contributed by atoms with Gasteiger partial charge in [0.1, 0.15) is 0 Å². The second-order valence-corrected chi connectivity index (χ2v) is 7.01. The number of thioether (sulfide) groups is 3. The normalized spacial score (nSPS) is 16.2. The number of rotatable bonds is 5. The number of hydrogen-bond donors (Lipinski definition) is 2. The van der Waals surface area contributed by atoms with Crippen LogP contribution in [0.4, 0.5) is 4.79 Å². The second kappa shape index (κ2) is 8.77. The molecule has 2 N–H and O–H groups in total. The van der Waals surface area contributed by atoms with Crippen LogP contribution in [0.1, 0.15) is 0 Å². The number of amides is 2. The van der Waals surface area contributed by atoms with Crippen LogP contribution in [0.2, 0.25) is 0 Å². The maximum absolute atomic E-state index is 11.5. The molecule has 17 heavy (non-hydrogen) atoms. The minimum Gasteiger partial charge on any atom is -0.351 e. The average Bonchev–Trinajstić information content (AvgIpc) is 2.35. The van der Waals surface area contributed by atoms with E-state index < -0.39 is 0 Å². The Morgan fingerprint density at radius 3 is 2.59 bits per heavy atom. The molecule has 1 saturated heterocycles. The van der Waals surface area contributed by atoms with Crippen LogP contribution in [0, 0.1) is 0 Å². The number of carbonyl (C=O) groups excluding carboxylic acids is 2. The van der Waals surface area contributed by atoms with E-state index in [2.05, 4.69) is 17.2 Å². The van der Waals surface area contributed by atoms with Crippen LogP contribution in [0.15, 0.2) is 12.7 Å². The van der Waals surface area contributed by atoms with Crippen LogP contribution >= 0.6 is 35.3 Å². The van der Waals surface area contributed by atoms with Gasteiger partial charge in [-0.15, -0.1) is 23.5 Å². The summed E-state index contributed by atoms with van der Waals surface area (Å²) in [6.45, 7) is 4.24. The minimum absolute atomic E-state index is 0.00838. The highest BCUT2D eigenvalue weighted by molar-refractivity contribution is 8.20. The van der Waals surface area contributed by atoms with E-state index in [0.717, 1.165) is 16.6 Å². The molecule has 0 aromatic rings. The van der Waals surface area contributed by atoms with Crippen LogP contribution in [-0.4, -0.2) is 46.1 Å². The maximum atomic E-state index is 11.5. The molecule has 96 valence electrons. The molecule has 0 spiro atoms. The van der Waals surface area contributed by atoms with Crippen molar-refractivity contribution in [3.63, 3.8) is 0 Å². The van der Waals surface area contributed by atoms with Crippen LogP contribution < -0.4 is 10.6 Å². The molecular formula is C10H16N2O2S3. The summed E-state index contributed by atoms with van der Waals surface area (Å²) in [7, 11) is 0. The molecular weight excluding hydrogens is 276 g/mol. The summed E-state index contributed by atoms with van der Waals surface area (Å²) in [6.07, 6.45) is 1.22. The van der Waals surface area contributed by atoms with Crippen molar-refractivity contribution in [2.24, 2.45) is 0 Å². The van der Waals surface area contributed by atoms with Crippen LogP contribution in [0.3, 0.4) is 0 Å². The van der Waals surface area contributed by atoms with Gasteiger partial charge in [-0.05, 0) is 6.08 Å². The van der Waals surface area contributed by atoms with Crippen molar-refractivity contribution in [1.82, 2.24) is 10.6 Å². The van der Waals surface area contributed by atoms with Gasteiger partial charge in [-0.3, -0.25) is 9.59 Å². The van der Waals surface area contributed by atoms with Crippen molar-refractivity contribution in [3.05, 3.63) is 12.7 Å². The minimum atomic E-state index is -0.216. The Bertz CT molecular complexity index is 281. The summed E-state index contributed by atoms with van der Waals surface area (Å²) in [6, 6.07) is 0. The Labute approximate surface area is 114 Å². The van der Waals surface area contributed by atoms with Gasteiger partial charge in [0.15, 0.2) is 0 Å². The first-order chi connectivity index (χ1) is 8.22. The lowest BCUT2D eigenvalue weighted by molar-refractivity contribution is -0.116. The van der Waals surface area contributed by atoms with Crippen molar-refractivity contribution in [1.29, 1.82) is 0 Å². The molecule has 0 atom stereocenters. The molecule has 0 aliphatic carbocycles. The van der Waals surface area contributed by atoms with Gasteiger partial charge in [0.25, 0.3) is 5.24 Å². The predicted molar refractivity (Wildman–Crippen MR) is 77.8 cm³/mol. The summed E-state index contributed by atoms with van der Waals surface area (Å²) in [4.78, 5) is 22.3. The standard InChI is InChI=1S/C10H16N2O2S3/c1-2-9(13)11-3-4-12-10(14)17-8-5-15-7-16-6-8/h2,8H,1,3-7H2,(H,11,13)(H,12,14). The second-order valence-electron chi connectivity index (χ2n) is 3.31. The molecule has 1 rings (SSSR count). The molecule has 2 amide bonds. The lowest BCUT2D eigenvalue weighted by Crippen LogP contribution is -2.33. The van der Waals surface area contributed by atoms with E-state index in [9.17, 15) is 9.59 Å². The zero-order chi connectivity index (χ0) is 12.5. The van der Waals surface area contributed by atoms with Gasteiger partial charge >= 0.3 is 0 Å². The molecule has 0 radical (unpaired) electrons. The quantitative estimate of drug-likeness (QED) is 0.594. The lowest BCUT2D eigenvalue weighted by Gasteiger charge is -2.19. The zero-order valence-corrected chi connectivity index (χ0v) is 11.9. The third kappa shape index (κ3) is 6.90. The molecule has 0 aromatic heterocycles. The van der Waals surface area contributed by atoms with Gasteiger partial charge in [-0.25, -0.2) is 0 Å². The molecule has 0 unspecified atom stereocenters. The topological polar surface area (TPSA) is 58.2 Å². The number of carbonyl (C=O) groups is 2. The van der Waals surface area contributed by atoms with E-state index in [1.165, 1.54) is 17.8 Å². The SMILES string of the molecule is C=CC(=O)NCCNC(=O)SC1CSCSC1. The molecule has 0 bridgehead atoms. The Hall–Kier alpha value is -0.270. The van der Waals surface area contributed by atoms with Gasteiger partial charge in [-0.2, -0.15) is 0 Å². The van der Waals surface area contributed by atoms with E-state index in [1.54, 1.807) is 0 Å². The van der Waals surface area contributed by atoms with Crippen molar-refractivity contribution < 1.29 is 9.59 Å². The third-order valence-electron chi connectivity index (χ3n) is 1.93. The van der Waals surface area contributed by atoms with Crippen LogP contribution in [0.25, 0.3) is 0 Å². The fourth-order valence-electron chi connectivity index (χ4n) is 1.15. The molecule has 4 nitrogen and oxygen atoms in total. The van der Waals surface area contributed by atoms with Crippen molar-refractivity contribution >= 4 is 46.4 Å². The highest BCUT2D eigenvalue weighted by Gasteiger charge is 2.18. The molecule has 7 heteroatoms. The Morgan fingerprint density at radius 2 is 1.94 bits per heavy atom. The number of hydrogen-bond acceptors (Lipinski definition) is 5. The van der Waals surface area contributed by atoms with E-state index in [1.807, 2.05) is 23.5 Å². The van der Waals surface area contributed by atoms with E-state index in [0.29, 0.717) is 18.3 Å². The largest absolute Gasteiger partial charge is 0.351 e. The fourth-order valence-corrected chi connectivity index (χ4v) is 4.91. The summed E-state index contributed by atoms with van der Waals surface area (Å²) in [5, 5.41) is 6.90. The first-order valence-corrected chi connectivity index (χ1v) is 8.41. The van der Waals surface area contributed by atoms with Crippen molar-refractivity contribution in [3.8, 4) is 0 Å². The predicted octanol–water partition coefficient (Wildman–Crippen LogP) is 1.54. The van der Waals surface area contributed by atoms with Gasteiger partial charge < -0.3 is 10.6 Å². The van der Waals surface area contributed by atoms with Gasteiger partial charge in [0.05, 0.1) is 0 Å². The van der Waals surface area contributed by atoms with Crippen LogP contribution in [0.5, 0.6) is 0 Å². The summed E-state index contributed by atoms with van der Waals surface area (Å²) in [5.41, 5.74) is 0. The maximum Gasteiger partial charge on any atom is 0.279 e. The van der Waals surface area contributed by atoms with Gasteiger partial charge in [0, 0.05) is 34.9 Å². The van der Waals surface area contributed by atoms with E-state index in [-0.39, 0.29) is 11.1 Å². The first-order valence-electron chi connectivity index (χ1n) is 5.22. The van der Waals surface area contributed by atoms with E-state index >= 15 is 0 Å². The van der Waals surface area contributed by atoms with E-state index in [4.69, 9.17) is 0 Å². The Kier molecular flexibility index (Phi) is 7.63. The summed E-state index contributed by atoms with van der Waals surface area (Å²) in [5.74, 6) is 1.86. The van der Waals surface area contributed by atoms with Crippen LogP contribution in [-0.2, 0) is 4.79 Å². The zero-order valence-electron chi connectivity index (χ0n) is 9.44. The molecule has 0 saturated carbocycles. The Balaban J connectivity index is 2.04. The van der Waals surface area contributed by atoms with Gasteiger partial charge in [-0.1, -0.05) is 18.3 Å². The lowest BCUT2D eigenvalue weighted by atomic mass is 10.5. The molecule has 1 heterocycles. The smallest absolute Gasteiger partial charge is 0.279 e. The average molecular weight is 292 g/mol. The Morgan fingerprint density at radius 1 is 1.29 bits per heavy atom. The van der Waals surface area contributed by atoms with Gasteiger partial charge in [0.2, 0.25) is 5.91 Å². The van der Waals surface area contributed by atoms with Crippen molar-refractivity contribution in [2.75, 3.05) is 29.7 Å². The monoisotopic (exact) mass is 292 g/mol. The summed E-state index contributed by atoms with van der Waals surface area (Å²) < 4.78 is 0. The fraction of sp³-hybridized carbons (Fsp3) is 0.600. The molecule has 1 aliphatic heterocycles. The highest BCUT2D eigenvalue weighted by Crippen LogP contribution is 2.29. The molecule has 1 aliphatic rings. The highest BCUT2D eigenvalue weighted by atomic mass is 32.2. The molecule has 0 aromatic carbocycles. The number of nitrogens with one attached hydrogen (secondary N) is 2. The first kappa shape index (κ1) is 14.8. The summed E-state index contributed by atoms with van der Waals surface area (Å²) >= 11 is 5.11. The molecule has 1 fully saturated rings. The third-order valence-corrected chi connectivity index (χ3v) is 5.98.